The van der Waals surface area contributed by atoms with E-state index in [1.165, 1.54) is 17.4 Å². The molecule has 0 spiro atoms. The Labute approximate surface area is 139 Å². The molecule has 0 bridgehead atoms. The van der Waals surface area contributed by atoms with E-state index in [9.17, 15) is 4.79 Å². The number of aromatic nitrogens is 1. The Morgan fingerprint density at radius 2 is 2.09 bits per heavy atom. The molecule has 0 unspecified atom stereocenters. The second-order valence-electron chi connectivity index (χ2n) is 4.48. The SMILES string of the molecule is C/C=C/C=C/C(=O)Nc1nc(-c2cc(OC)ccc2OC)cs1. The van der Waals surface area contributed by atoms with Gasteiger partial charge in [0.25, 0.3) is 0 Å². The van der Waals surface area contributed by atoms with E-state index in [0.717, 1.165) is 11.3 Å². The minimum absolute atomic E-state index is 0.221. The van der Waals surface area contributed by atoms with Gasteiger partial charge < -0.3 is 9.47 Å². The molecule has 2 rings (SSSR count). The average Bonchev–Trinajstić information content (AvgIpc) is 3.02. The van der Waals surface area contributed by atoms with E-state index in [-0.39, 0.29) is 5.91 Å². The van der Waals surface area contributed by atoms with Crippen LogP contribution in [-0.4, -0.2) is 25.1 Å². The molecular formula is C17H18N2O3S. The van der Waals surface area contributed by atoms with Gasteiger partial charge in [-0.3, -0.25) is 10.1 Å². The minimum Gasteiger partial charge on any atom is -0.497 e. The summed E-state index contributed by atoms with van der Waals surface area (Å²) in [7, 11) is 3.21. The van der Waals surface area contributed by atoms with Crippen molar-refractivity contribution in [1.29, 1.82) is 0 Å². The summed E-state index contributed by atoms with van der Waals surface area (Å²) in [6.07, 6.45) is 6.76. The van der Waals surface area contributed by atoms with Crippen LogP contribution in [0.15, 0.2) is 47.9 Å². The van der Waals surface area contributed by atoms with Crippen molar-refractivity contribution >= 4 is 22.4 Å². The predicted octanol–water partition coefficient (Wildman–Crippen LogP) is 3.90. The number of allylic oxidation sites excluding steroid dienone is 3. The van der Waals surface area contributed by atoms with E-state index in [4.69, 9.17) is 9.47 Å². The lowest BCUT2D eigenvalue weighted by atomic mass is 10.1. The highest BCUT2D eigenvalue weighted by Crippen LogP contribution is 2.34. The monoisotopic (exact) mass is 330 g/mol. The molecule has 1 aromatic carbocycles. The van der Waals surface area contributed by atoms with Crippen molar-refractivity contribution in [3.8, 4) is 22.8 Å². The third-order valence-corrected chi connectivity index (χ3v) is 3.73. The fourth-order valence-corrected chi connectivity index (χ4v) is 2.58. The van der Waals surface area contributed by atoms with Gasteiger partial charge in [-0.2, -0.15) is 0 Å². The summed E-state index contributed by atoms with van der Waals surface area (Å²) in [5.74, 6) is 1.19. The number of ether oxygens (including phenoxy) is 2. The first-order valence-electron chi connectivity index (χ1n) is 6.96. The van der Waals surface area contributed by atoms with Crippen molar-refractivity contribution in [2.75, 3.05) is 19.5 Å². The molecule has 0 aliphatic rings. The van der Waals surface area contributed by atoms with E-state index >= 15 is 0 Å². The van der Waals surface area contributed by atoms with Crippen LogP contribution in [0.4, 0.5) is 5.13 Å². The summed E-state index contributed by atoms with van der Waals surface area (Å²) in [6.45, 7) is 1.89. The molecule has 23 heavy (non-hydrogen) atoms. The molecule has 120 valence electrons. The maximum atomic E-state index is 11.7. The van der Waals surface area contributed by atoms with Crippen LogP contribution in [0.2, 0.25) is 0 Å². The first-order valence-corrected chi connectivity index (χ1v) is 7.84. The molecule has 1 aromatic heterocycles. The molecule has 6 heteroatoms. The summed E-state index contributed by atoms with van der Waals surface area (Å²) >= 11 is 1.35. The third kappa shape index (κ3) is 4.43. The smallest absolute Gasteiger partial charge is 0.250 e. The highest BCUT2D eigenvalue weighted by molar-refractivity contribution is 7.14. The molecule has 1 amide bonds. The van der Waals surface area contributed by atoms with Crippen LogP contribution in [0.25, 0.3) is 11.3 Å². The lowest BCUT2D eigenvalue weighted by Crippen LogP contribution is -2.07. The zero-order chi connectivity index (χ0) is 16.7. The zero-order valence-corrected chi connectivity index (χ0v) is 14.0. The first kappa shape index (κ1) is 16.8. The fourth-order valence-electron chi connectivity index (χ4n) is 1.87. The molecular weight excluding hydrogens is 312 g/mol. The summed E-state index contributed by atoms with van der Waals surface area (Å²) in [6, 6.07) is 5.50. The second-order valence-corrected chi connectivity index (χ2v) is 5.34. The third-order valence-electron chi connectivity index (χ3n) is 2.97. The zero-order valence-electron chi connectivity index (χ0n) is 13.2. The number of hydrogen-bond donors (Lipinski definition) is 1. The Hall–Kier alpha value is -2.60. The fraction of sp³-hybridized carbons (Fsp3) is 0.176. The quantitative estimate of drug-likeness (QED) is 0.644. The van der Waals surface area contributed by atoms with Gasteiger partial charge in [-0.05, 0) is 25.1 Å². The van der Waals surface area contributed by atoms with Gasteiger partial charge in [0.1, 0.15) is 11.5 Å². The Bertz CT molecular complexity index is 735. The molecule has 0 aliphatic carbocycles. The van der Waals surface area contributed by atoms with Gasteiger partial charge in [0.15, 0.2) is 5.13 Å². The van der Waals surface area contributed by atoms with E-state index < -0.39 is 0 Å². The Morgan fingerprint density at radius 3 is 2.78 bits per heavy atom. The topological polar surface area (TPSA) is 60.5 Å². The minimum atomic E-state index is -0.221. The van der Waals surface area contributed by atoms with Gasteiger partial charge in [-0.1, -0.05) is 18.2 Å². The molecule has 0 radical (unpaired) electrons. The molecule has 0 saturated heterocycles. The van der Waals surface area contributed by atoms with Crippen LogP contribution in [0.3, 0.4) is 0 Å². The maximum absolute atomic E-state index is 11.7. The molecule has 2 aromatic rings. The lowest BCUT2D eigenvalue weighted by Gasteiger charge is -2.08. The number of anilines is 1. The summed E-state index contributed by atoms with van der Waals surface area (Å²) in [4.78, 5) is 16.2. The van der Waals surface area contributed by atoms with Crippen LogP contribution in [-0.2, 0) is 4.79 Å². The van der Waals surface area contributed by atoms with Gasteiger partial charge in [0.05, 0.1) is 19.9 Å². The van der Waals surface area contributed by atoms with Crippen molar-refractivity contribution < 1.29 is 14.3 Å². The Balaban J connectivity index is 2.20. The lowest BCUT2D eigenvalue weighted by molar-refractivity contribution is -0.111. The number of carbonyl (C=O) groups excluding carboxylic acids is 1. The summed E-state index contributed by atoms with van der Waals surface area (Å²) < 4.78 is 10.6. The van der Waals surface area contributed by atoms with Crippen molar-refractivity contribution in [2.24, 2.45) is 0 Å². The molecule has 5 nitrogen and oxygen atoms in total. The number of methoxy groups -OCH3 is 2. The van der Waals surface area contributed by atoms with Crippen LogP contribution < -0.4 is 14.8 Å². The average molecular weight is 330 g/mol. The molecule has 1 N–H and O–H groups in total. The molecule has 0 saturated carbocycles. The highest BCUT2D eigenvalue weighted by Gasteiger charge is 2.12. The number of benzene rings is 1. The standard InChI is InChI=1S/C17H18N2O3S/c1-4-5-6-7-16(20)19-17-18-14(11-23-17)13-10-12(21-2)8-9-15(13)22-3/h4-11H,1-3H3,(H,18,19,20)/b5-4+,7-6+. The van der Waals surface area contributed by atoms with Gasteiger partial charge >= 0.3 is 0 Å². The normalized spacial score (nSPS) is 11.1. The highest BCUT2D eigenvalue weighted by atomic mass is 32.1. The predicted molar refractivity (Wildman–Crippen MR) is 93.2 cm³/mol. The van der Waals surface area contributed by atoms with E-state index in [0.29, 0.717) is 16.6 Å². The first-order chi connectivity index (χ1) is 11.2. The van der Waals surface area contributed by atoms with Crippen molar-refractivity contribution in [3.05, 3.63) is 47.9 Å². The second kappa shape index (κ2) is 8.14. The van der Waals surface area contributed by atoms with Crippen molar-refractivity contribution in [2.45, 2.75) is 6.92 Å². The molecule has 1 heterocycles. The number of nitrogens with zero attached hydrogens (tertiary/aromatic N) is 1. The van der Waals surface area contributed by atoms with E-state index in [1.807, 2.05) is 36.6 Å². The molecule has 0 fully saturated rings. The number of amides is 1. The Kier molecular flexibility index (Phi) is 5.94. The van der Waals surface area contributed by atoms with Gasteiger partial charge in [0.2, 0.25) is 5.91 Å². The summed E-state index contributed by atoms with van der Waals surface area (Å²) in [5.41, 5.74) is 1.53. The van der Waals surface area contributed by atoms with Crippen molar-refractivity contribution in [3.63, 3.8) is 0 Å². The van der Waals surface area contributed by atoms with Gasteiger partial charge in [-0.25, -0.2) is 4.98 Å². The van der Waals surface area contributed by atoms with Gasteiger partial charge in [-0.15, -0.1) is 11.3 Å². The van der Waals surface area contributed by atoms with Gasteiger partial charge in [0, 0.05) is 17.0 Å². The van der Waals surface area contributed by atoms with Crippen LogP contribution >= 0.6 is 11.3 Å². The summed E-state index contributed by atoms with van der Waals surface area (Å²) in [5, 5.41) is 5.12. The largest absolute Gasteiger partial charge is 0.497 e. The van der Waals surface area contributed by atoms with Crippen LogP contribution in [0.5, 0.6) is 11.5 Å². The van der Waals surface area contributed by atoms with E-state index in [1.54, 1.807) is 26.4 Å². The molecule has 0 aliphatic heterocycles. The number of hydrogen-bond acceptors (Lipinski definition) is 5. The number of thiazole rings is 1. The Morgan fingerprint density at radius 1 is 1.26 bits per heavy atom. The van der Waals surface area contributed by atoms with E-state index in [2.05, 4.69) is 10.3 Å². The van der Waals surface area contributed by atoms with Crippen LogP contribution in [0, 0.1) is 0 Å². The number of rotatable bonds is 6. The van der Waals surface area contributed by atoms with Crippen molar-refractivity contribution in [1.82, 2.24) is 4.98 Å². The van der Waals surface area contributed by atoms with Crippen LogP contribution in [0.1, 0.15) is 6.92 Å². The maximum Gasteiger partial charge on any atom is 0.250 e. The number of nitrogens with one attached hydrogen (secondary N) is 1. The number of carbonyl (C=O) groups is 1. The molecule has 0 atom stereocenters.